The lowest BCUT2D eigenvalue weighted by molar-refractivity contribution is -0.123. The van der Waals surface area contributed by atoms with E-state index in [0.717, 1.165) is 6.42 Å². The predicted octanol–water partition coefficient (Wildman–Crippen LogP) is 1.78. The fraction of sp³-hybridized carbons (Fsp3) is 0.350. The molecule has 2 aliphatic rings. The molecule has 0 bridgehead atoms. The molecular formula is C20H21FN4O2. The minimum Gasteiger partial charge on any atom is -0.337 e. The molecule has 2 aromatic rings. The highest BCUT2D eigenvalue weighted by Crippen LogP contribution is 2.34. The molecule has 1 spiro atoms. The molecule has 6 nitrogen and oxygen atoms in total. The van der Waals surface area contributed by atoms with Gasteiger partial charge in [0.25, 0.3) is 5.91 Å². The fourth-order valence-corrected chi connectivity index (χ4v) is 3.98. The van der Waals surface area contributed by atoms with Gasteiger partial charge in [0.1, 0.15) is 5.82 Å². The van der Waals surface area contributed by atoms with Crippen LogP contribution in [0.15, 0.2) is 48.8 Å². The van der Waals surface area contributed by atoms with E-state index >= 15 is 0 Å². The molecule has 2 saturated heterocycles. The van der Waals surface area contributed by atoms with Crippen molar-refractivity contribution in [1.29, 1.82) is 0 Å². The summed E-state index contributed by atoms with van der Waals surface area (Å²) < 4.78 is 13.6. The second-order valence-electron chi connectivity index (χ2n) is 7.26. The smallest absolute Gasteiger partial charge is 0.255 e. The van der Waals surface area contributed by atoms with E-state index < -0.39 is 0 Å². The van der Waals surface area contributed by atoms with E-state index in [4.69, 9.17) is 0 Å². The van der Waals surface area contributed by atoms with Crippen LogP contribution < -0.4 is 4.90 Å². The molecule has 27 heavy (non-hydrogen) atoms. The summed E-state index contributed by atoms with van der Waals surface area (Å²) in [5, 5.41) is 0. The number of piperazine rings is 1. The van der Waals surface area contributed by atoms with E-state index in [-0.39, 0.29) is 29.7 Å². The SMILES string of the molecule is CN1CC(=O)N(c2cccc(F)c2)CC12CCN(C(=O)c1cccnc1)C2. The second-order valence-corrected chi connectivity index (χ2v) is 7.26. The topological polar surface area (TPSA) is 56.8 Å². The minimum atomic E-state index is -0.368. The average Bonchev–Trinajstić information content (AvgIpc) is 3.10. The molecule has 3 heterocycles. The van der Waals surface area contributed by atoms with Gasteiger partial charge >= 0.3 is 0 Å². The van der Waals surface area contributed by atoms with Crippen LogP contribution in [0.5, 0.6) is 0 Å². The number of benzene rings is 1. The van der Waals surface area contributed by atoms with Crippen LogP contribution in [0.4, 0.5) is 10.1 Å². The maximum absolute atomic E-state index is 13.6. The van der Waals surface area contributed by atoms with E-state index in [1.165, 1.54) is 12.1 Å². The Labute approximate surface area is 157 Å². The number of aromatic nitrogens is 1. The third kappa shape index (κ3) is 3.19. The van der Waals surface area contributed by atoms with E-state index in [1.807, 2.05) is 16.8 Å². The summed E-state index contributed by atoms with van der Waals surface area (Å²) in [6.45, 7) is 1.81. The molecule has 4 rings (SSSR count). The van der Waals surface area contributed by atoms with E-state index in [9.17, 15) is 14.0 Å². The van der Waals surface area contributed by atoms with E-state index in [1.54, 1.807) is 41.6 Å². The highest BCUT2D eigenvalue weighted by molar-refractivity contribution is 5.96. The Balaban J connectivity index is 1.57. The summed E-state index contributed by atoms with van der Waals surface area (Å²) in [7, 11) is 1.92. The molecule has 1 aromatic heterocycles. The third-order valence-corrected chi connectivity index (χ3v) is 5.58. The van der Waals surface area contributed by atoms with Crippen molar-refractivity contribution in [2.45, 2.75) is 12.0 Å². The molecule has 0 N–H and O–H groups in total. The lowest BCUT2D eigenvalue weighted by Gasteiger charge is -2.46. The second kappa shape index (κ2) is 6.74. The summed E-state index contributed by atoms with van der Waals surface area (Å²) in [4.78, 5) is 34.8. The molecule has 1 unspecified atom stereocenters. The van der Waals surface area contributed by atoms with Crippen LogP contribution in [0.3, 0.4) is 0 Å². The number of carbonyl (C=O) groups excluding carboxylic acids is 2. The van der Waals surface area contributed by atoms with Gasteiger partial charge in [-0.25, -0.2) is 4.39 Å². The molecule has 7 heteroatoms. The minimum absolute atomic E-state index is 0.0532. The van der Waals surface area contributed by atoms with Gasteiger partial charge in [-0.3, -0.25) is 19.5 Å². The van der Waals surface area contributed by atoms with Gasteiger partial charge in [0.2, 0.25) is 5.91 Å². The average molecular weight is 368 g/mol. The van der Waals surface area contributed by atoms with E-state index in [2.05, 4.69) is 4.98 Å². The monoisotopic (exact) mass is 368 g/mol. The number of rotatable bonds is 2. The quantitative estimate of drug-likeness (QED) is 0.811. The molecule has 2 aliphatic heterocycles. The van der Waals surface area contributed by atoms with Crippen molar-refractivity contribution < 1.29 is 14.0 Å². The molecule has 1 atom stereocenters. The van der Waals surface area contributed by atoms with Gasteiger partial charge in [-0.1, -0.05) is 6.07 Å². The summed E-state index contributed by atoms with van der Waals surface area (Å²) in [6.07, 6.45) is 3.97. The number of anilines is 1. The van der Waals surface area contributed by atoms with Gasteiger partial charge in [0, 0.05) is 37.7 Å². The molecule has 0 aliphatic carbocycles. The van der Waals surface area contributed by atoms with Crippen LogP contribution in [-0.2, 0) is 4.79 Å². The lowest BCUT2D eigenvalue weighted by atomic mass is 9.92. The van der Waals surface area contributed by atoms with Gasteiger partial charge in [-0.15, -0.1) is 0 Å². The Bertz CT molecular complexity index is 875. The first-order valence-corrected chi connectivity index (χ1v) is 8.95. The number of amides is 2. The number of likely N-dealkylation sites (N-methyl/N-ethyl adjacent to an activating group) is 1. The van der Waals surface area contributed by atoms with Gasteiger partial charge in [-0.05, 0) is 43.8 Å². The third-order valence-electron chi connectivity index (χ3n) is 5.58. The number of hydrogen-bond donors (Lipinski definition) is 0. The fourth-order valence-electron chi connectivity index (χ4n) is 3.98. The molecule has 0 radical (unpaired) electrons. The maximum atomic E-state index is 13.6. The molecule has 0 saturated carbocycles. The number of hydrogen-bond acceptors (Lipinski definition) is 4. The van der Waals surface area contributed by atoms with Crippen molar-refractivity contribution in [3.8, 4) is 0 Å². The molecule has 2 amide bonds. The first kappa shape index (κ1) is 17.6. The standard InChI is InChI=1S/C20H21FN4O2/c1-23-12-18(26)25(17-6-2-5-16(21)10-17)14-20(23)7-9-24(13-20)19(27)15-4-3-8-22-11-15/h2-6,8,10-11H,7,9,12-14H2,1H3. The Morgan fingerprint density at radius 1 is 1.22 bits per heavy atom. The van der Waals surface area contributed by atoms with E-state index in [0.29, 0.717) is 30.9 Å². The van der Waals surface area contributed by atoms with Crippen molar-refractivity contribution in [1.82, 2.24) is 14.8 Å². The zero-order chi connectivity index (χ0) is 19.0. The molecule has 140 valence electrons. The van der Waals surface area contributed by atoms with Crippen molar-refractivity contribution >= 4 is 17.5 Å². The van der Waals surface area contributed by atoms with Crippen LogP contribution in [-0.4, -0.2) is 65.4 Å². The Morgan fingerprint density at radius 2 is 2.07 bits per heavy atom. The first-order valence-electron chi connectivity index (χ1n) is 8.95. The normalized spacial score (nSPS) is 23.3. The zero-order valence-corrected chi connectivity index (χ0v) is 15.1. The summed E-state index contributed by atoms with van der Waals surface area (Å²) in [5.74, 6) is -0.485. The number of pyridine rings is 1. The largest absolute Gasteiger partial charge is 0.337 e. The Morgan fingerprint density at radius 3 is 2.81 bits per heavy atom. The summed E-state index contributed by atoms with van der Waals surface area (Å²) in [6, 6.07) is 9.60. The van der Waals surface area contributed by atoms with Gasteiger partial charge < -0.3 is 9.80 Å². The number of likely N-dealkylation sites (tertiary alicyclic amines) is 1. The molecule has 2 fully saturated rings. The van der Waals surface area contributed by atoms with Gasteiger partial charge in [0.05, 0.1) is 17.6 Å². The predicted molar refractivity (Wildman–Crippen MR) is 98.9 cm³/mol. The Kier molecular flexibility index (Phi) is 4.39. The zero-order valence-electron chi connectivity index (χ0n) is 15.1. The Hall–Kier alpha value is -2.80. The summed E-state index contributed by atoms with van der Waals surface area (Å²) in [5.41, 5.74) is 0.786. The maximum Gasteiger partial charge on any atom is 0.255 e. The van der Waals surface area contributed by atoms with Crippen LogP contribution in [0.2, 0.25) is 0 Å². The molecule has 1 aromatic carbocycles. The van der Waals surface area contributed by atoms with Crippen molar-refractivity contribution in [3.05, 3.63) is 60.2 Å². The van der Waals surface area contributed by atoms with Crippen LogP contribution >= 0.6 is 0 Å². The van der Waals surface area contributed by atoms with Crippen molar-refractivity contribution in [2.24, 2.45) is 0 Å². The number of carbonyl (C=O) groups is 2. The highest BCUT2D eigenvalue weighted by Gasteiger charge is 2.48. The number of nitrogens with zero attached hydrogens (tertiary/aromatic N) is 4. The van der Waals surface area contributed by atoms with Gasteiger partial charge in [-0.2, -0.15) is 0 Å². The van der Waals surface area contributed by atoms with Gasteiger partial charge in [0.15, 0.2) is 0 Å². The van der Waals surface area contributed by atoms with Crippen molar-refractivity contribution in [3.63, 3.8) is 0 Å². The van der Waals surface area contributed by atoms with Crippen LogP contribution in [0, 0.1) is 5.82 Å². The van der Waals surface area contributed by atoms with Crippen LogP contribution in [0.25, 0.3) is 0 Å². The van der Waals surface area contributed by atoms with Crippen LogP contribution in [0.1, 0.15) is 16.8 Å². The van der Waals surface area contributed by atoms with Crippen molar-refractivity contribution in [2.75, 3.05) is 38.1 Å². The lowest BCUT2D eigenvalue weighted by Crippen LogP contribution is -2.64. The first-order chi connectivity index (χ1) is 13.0. The highest BCUT2D eigenvalue weighted by atomic mass is 19.1. The summed E-state index contributed by atoms with van der Waals surface area (Å²) >= 11 is 0. The number of halogens is 1. The molecular weight excluding hydrogens is 347 g/mol.